The number of aromatic nitrogens is 3. The highest BCUT2D eigenvalue weighted by atomic mass is 16.5. The van der Waals surface area contributed by atoms with E-state index in [0.717, 1.165) is 60.3 Å². The lowest BCUT2D eigenvalue weighted by molar-refractivity contribution is -0.118. The van der Waals surface area contributed by atoms with Crippen molar-refractivity contribution in [3.8, 4) is 17.8 Å². The van der Waals surface area contributed by atoms with Crippen LogP contribution in [0.1, 0.15) is 63.1 Å². The van der Waals surface area contributed by atoms with Crippen LogP contribution in [0.3, 0.4) is 0 Å². The molecule has 214 valence electrons. The van der Waals surface area contributed by atoms with Crippen molar-refractivity contribution < 1.29 is 14.3 Å². The van der Waals surface area contributed by atoms with E-state index >= 15 is 0 Å². The number of methoxy groups -OCH3 is 1. The summed E-state index contributed by atoms with van der Waals surface area (Å²) in [7, 11) is 1.54. The largest absolute Gasteiger partial charge is 0.467 e. The monoisotopic (exact) mass is 561 g/mol. The zero-order valence-electron chi connectivity index (χ0n) is 24.3. The van der Waals surface area contributed by atoms with E-state index in [2.05, 4.69) is 75.4 Å². The Balaban J connectivity index is 1.27. The van der Waals surface area contributed by atoms with Crippen LogP contribution in [0.25, 0.3) is 16.3 Å². The van der Waals surface area contributed by atoms with Gasteiger partial charge in [0.05, 0.1) is 13.2 Å². The van der Waals surface area contributed by atoms with Gasteiger partial charge in [0.25, 0.3) is 0 Å². The van der Waals surface area contributed by atoms with Crippen molar-refractivity contribution in [1.29, 1.82) is 0 Å². The van der Waals surface area contributed by atoms with Crippen molar-refractivity contribution in [2.75, 3.05) is 30.4 Å². The summed E-state index contributed by atoms with van der Waals surface area (Å²) in [4.78, 5) is 29.4. The Morgan fingerprint density at radius 3 is 2.55 bits per heavy atom. The number of allylic oxidation sites excluding steroid dienone is 1. The first-order chi connectivity index (χ1) is 20.4. The van der Waals surface area contributed by atoms with Gasteiger partial charge in [0.2, 0.25) is 5.95 Å². The van der Waals surface area contributed by atoms with E-state index in [1.54, 1.807) is 7.11 Å². The lowest BCUT2D eigenvalue weighted by Gasteiger charge is -2.40. The molecule has 3 heterocycles. The average Bonchev–Trinajstić information content (AvgIpc) is 3.00. The number of fused-ring (bicyclic) bond motifs is 4. The van der Waals surface area contributed by atoms with E-state index in [1.807, 2.05) is 24.3 Å². The zero-order valence-corrected chi connectivity index (χ0v) is 24.3. The minimum absolute atomic E-state index is 0.110. The highest BCUT2D eigenvalue weighted by Gasteiger charge is 2.41. The molecule has 1 fully saturated rings. The van der Waals surface area contributed by atoms with Gasteiger partial charge in [0.1, 0.15) is 5.75 Å². The van der Waals surface area contributed by atoms with Gasteiger partial charge >= 0.3 is 12.0 Å². The number of hydrogen-bond donors (Lipinski definition) is 1. The van der Waals surface area contributed by atoms with Gasteiger partial charge < -0.3 is 19.7 Å². The predicted molar refractivity (Wildman–Crippen MR) is 164 cm³/mol. The first-order valence-electron chi connectivity index (χ1n) is 14.8. The van der Waals surface area contributed by atoms with Gasteiger partial charge in [-0.3, -0.25) is 4.79 Å². The molecule has 0 amide bonds. The Morgan fingerprint density at radius 1 is 0.905 bits per heavy atom. The van der Waals surface area contributed by atoms with Gasteiger partial charge in [-0.15, -0.1) is 4.98 Å². The second-order valence-corrected chi connectivity index (χ2v) is 12.2. The minimum atomic E-state index is -0.294. The first kappa shape index (κ1) is 26.4. The molecule has 1 aromatic heterocycles. The van der Waals surface area contributed by atoms with Crippen LogP contribution >= 0.6 is 0 Å². The summed E-state index contributed by atoms with van der Waals surface area (Å²) in [6.07, 6.45) is 4.78. The highest BCUT2D eigenvalue weighted by Crippen LogP contribution is 2.52. The van der Waals surface area contributed by atoms with Crippen molar-refractivity contribution in [2.24, 2.45) is 5.41 Å². The van der Waals surface area contributed by atoms with Crippen molar-refractivity contribution in [3.05, 3.63) is 77.4 Å². The van der Waals surface area contributed by atoms with Gasteiger partial charge in [-0.1, -0.05) is 56.3 Å². The van der Waals surface area contributed by atoms with Gasteiger partial charge in [-0.25, -0.2) is 0 Å². The van der Waals surface area contributed by atoms with Crippen LogP contribution in [0.5, 0.6) is 17.8 Å². The number of rotatable bonds is 5. The second-order valence-electron chi connectivity index (χ2n) is 12.2. The van der Waals surface area contributed by atoms with E-state index in [0.29, 0.717) is 18.1 Å². The summed E-state index contributed by atoms with van der Waals surface area (Å²) >= 11 is 0. The first-order valence-corrected chi connectivity index (χ1v) is 14.8. The van der Waals surface area contributed by atoms with Gasteiger partial charge in [-0.2, -0.15) is 9.97 Å². The maximum Gasteiger partial charge on any atom is 0.330 e. The molecule has 1 aliphatic carbocycles. The quantitative estimate of drug-likeness (QED) is 0.275. The highest BCUT2D eigenvalue weighted by molar-refractivity contribution is 6.12. The molecule has 2 aliphatic heterocycles. The third-order valence-corrected chi connectivity index (χ3v) is 8.54. The molecule has 0 spiro atoms. The number of nitrogens with zero attached hydrogens (tertiary/aromatic N) is 4. The summed E-state index contributed by atoms with van der Waals surface area (Å²) in [6, 6.07) is 20.7. The fourth-order valence-electron chi connectivity index (χ4n) is 6.65. The van der Waals surface area contributed by atoms with Crippen LogP contribution in [0.4, 0.5) is 11.6 Å². The summed E-state index contributed by atoms with van der Waals surface area (Å²) in [6.45, 7) is 6.17. The molecule has 1 atom stereocenters. The lowest BCUT2D eigenvalue weighted by Crippen LogP contribution is -2.33. The SMILES string of the molecule is COc1nc(Oc2cccc(C3Nc4ccc5ccccc5c4C4=C3C(=O)CC(C)(C)C4)c2)nc(N2CCCCC2)n1. The molecule has 1 N–H and O–H groups in total. The third-order valence-electron chi connectivity index (χ3n) is 8.54. The molecule has 42 heavy (non-hydrogen) atoms. The van der Waals surface area contributed by atoms with E-state index in [9.17, 15) is 4.79 Å². The van der Waals surface area contributed by atoms with Crippen LogP contribution in [-0.4, -0.2) is 40.9 Å². The molecular weight excluding hydrogens is 526 g/mol. The Bertz CT molecular complexity index is 1720. The molecule has 3 aliphatic rings. The fourth-order valence-corrected chi connectivity index (χ4v) is 6.65. The third kappa shape index (κ3) is 4.85. The normalized spacial score (nSPS) is 19.6. The van der Waals surface area contributed by atoms with Gasteiger partial charge in [0, 0.05) is 36.3 Å². The van der Waals surface area contributed by atoms with Crippen LogP contribution in [0.2, 0.25) is 0 Å². The summed E-state index contributed by atoms with van der Waals surface area (Å²) in [5, 5.41) is 6.06. The molecule has 3 aromatic carbocycles. The summed E-state index contributed by atoms with van der Waals surface area (Å²) in [5.41, 5.74) is 5.03. The molecule has 0 bridgehead atoms. The van der Waals surface area contributed by atoms with Crippen molar-refractivity contribution in [1.82, 2.24) is 15.0 Å². The molecule has 4 aromatic rings. The maximum atomic E-state index is 13.8. The lowest BCUT2D eigenvalue weighted by atomic mass is 9.68. The number of carbonyl (C=O) groups excluding carboxylic acids is 1. The number of anilines is 2. The van der Waals surface area contributed by atoms with Gasteiger partial charge in [-0.05, 0) is 71.2 Å². The molecular formula is C34H35N5O3. The fraction of sp³-hybridized carbons (Fsp3) is 0.353. The minimum Gasteiger partial charge on any atom is -0.467 e. The number of nitrogens with one attached hydrogen (secondary N) is 1. The molecule has 1 saturated heterocycles. The maximum absolute atomic E-state index is 13.8. The van der Waals surface area contributed by atoms with Gasteiger partial charge in [0.15, 0.2) is 5.78 Å². The number of carbonyl (C=O) groups is 1. The summed E-state index contributed by atoms with van der Waals surface area (Å²) in [5.74, 6) is 1.34. The van der Waals surface area contributed by atoms with Crippen molar-refractivity contribution in [3.63, 3.8) is 0 Å². The van der Waals surface area contributed by atoms with E-state index < -0.39 is 0 Å². The molecule has 0 saturated carbocycles. The Hall–Kier alpha value is -4.46. The average molecular weight is 562 g/mol. The molecule has 1 unspecified atom stereocenters. The smallest absolute Gasteiger partial charge is 0.330 e. The van der Waals surface area contributed by atoms with Crippen LogP contribution in [0, 0.1) is 5.41 Å². The van der Waals surface area contributed by atoms with Crippen molar-refractivity contribution in [2.45, 2.75) is 52.0 Å². The van der Waals surface area contributed by atoms with Crippen LogP contribution < -0.4 is 19.7 Å². The number of Topliss-reactive ketones (excluding diaryl/α,β-unsaturated/α-hetero) is 1. The zero-order chi connectivity index (χ0) is 28.8. The van der Waals surface area contributed by atoms with Crippen molar-refractivity contribution >= 4 is 33.8 Å². The van der Waals surface area contributed by atoms with E-state index in [4.69, 9.17) is 9.47 Å². The van der Waals surface area contributed by atoms with E-state index in [-0.39, 0.29) is 29.3 Å². The predicted octanol–water partition coefficient (Wildman–Crippen LogP) is 7.13. The summed E-state index contributed by atoms with van der Waals surface area (Å²) < 4.78 is 11.6. The Kier molecular flexibility index (Phi) is 6.56. The number of piperidine rings is 1. The topological polar surface area (TPSA) is 89.5 Å². The number of benzene rings is 3. The second kappa shape index (κ2) is 10.4. The molecule has 0 radical (unpaired) electrons. The molecule has 8 nitrogen and oxygen atoms in total. The van der Waals surface area contributed by atoms with E-state index in [1.165, 1.54) is 17.2 Å². The van der Waals surface area contributed by atoms with Crippen LogP contribution in [-0.2, 0) is 4.79 Å². The molecule has 8 heteroatoms. The number of ketones is 1. The molecule has 7 rings (SSSR count). The Morgan fingerprint density at radius 2 is 1.71 bits per heavy atom. The Labute approximate surface area is 245 Å². The standard InChI is InChI=1S/C34H35N5O3/c1-34(2)19-25-28-24-13-6-5-10-21(24)14-15-26(28)35-30(29(25)27(40)20-34)22-11-9-12-23(18-22)42-33-37-31(36-32(38-33)41-3)39-16-7-4-8-17-39/h5-6,9-15,18,30,35H,4,7-8,16-17,19-20H2,1-3H3. The van der Waals surface area contributed by atoms with Crippen LogP contribution in [0.15, 0.2) is 66.2 Å². The number of hydrogen-bond acceptors (Lipinski definition) is 8. The number of ether oxygens (including phenoxy) is 2.